The van der Waals surface area contributed by atoms with Gasteiger partial charge >= 0.3 is 0 Å². The van der Waals surface area contributed by atoms with Gasteiger partial charge in [-0.3, -0.25) is 0 Å². The molecule has 0 amide bonds. The lowest BCUT2D eigenvalue weighted by molar-refractivity contribution is 0.415. The van der Waals surface area contributed by atoms with Crippen molar-refractivity contribution in [3.8, 4) is 11.8 Å². The lowest BCUT2D eigenvalue weighted by Crippen LogP contribution is -1.97. The molecule has 0 saturated carbocycles. The molecule has 0 aliphatic heterocycles. The minimum absolute atomic E-state index is 0.292. The van der Waals surface area contributed by atoms with Crippen molar-refractivity contribution in [2.45, 2.75) is 6.42 Å². The second-order valence-corrected chi connectivity index (χ2v) is 5.07. The van der Waals surface area contributed by atoms with E-state index in [1.54, 1.807) is 13.2 Å². The summed E-state index contributed by atoms with van der Waals surface area (Å²) < 4.78 is 6.13. The fourth-order valence-corrected chi connectivity index (χ4v) is 2.15. The third-order valence-corrected chi connectivity index (χ3v) is 3.56. The molecule has 0 radical (unpaired) electrons. The summed E-state index contributed by atoms with van der Waals surface area (Å²) >= 11 is 3.49. The van der Waals surface area contributed by atoms with Crippen molar-refractivity contribution in [2.24, 2.45) is 0 Å². The van der Waals surface area contributed by atoms with E-state index in [-0.39, 0.29) is 0 Å². The predicted molar refractivity (Wildman–Crippen MR) is 84.1 cm³/mol. The SMILES string of the molecule is COc1ccc(Br)c(Nc2ccc(N)c(CC#N)c2)c1. The van der Waals surface area contributed by atoms with E-state index in [9.17, 15) is 0 Å². The van der Waals surface area contributed by atoms with Crippen LogP contribution in [0.3, 0.4) is 0 Å². The molecule has 4 nitrogen and oxygen atoms in total. The zero-order valence-corrected chi connectivity index (χ0v) is 12.6. The Balaban J connectivity index is 2.30. The predicted octanol–water partition coefficient (Wildman–Crippen LogP) is 3.85. The summed E-state index contributed by atoms with van der Waals surface area (Å²) in [5.41, 5.74) is 9.04. The van der Waals surface area contributed by atoms with E-state index in [1.165, 1.54) is 0 Å². The average Bonchev–Trinajstić information content (AvgIpc) is 2.45. The molecule has 0 atom stereocenters. The third-order valence-electron chi connectivity index (χ3n) is 2.87. The summed E-state index contributed by atoms with van der Waals surface area (Å²) in [5.74, 6) is 0.767. The van der Waals surface area contributed by atoms with Gasteiger partial charge in [0, 0.05) is 21.9 Å². The number of benzene rings is 2. The summed E-state index contributed by atoms with van der Waals surface area (Å²) in [5, 5.41) is 12.1. The molecule has 2 rings (SSSR count). The Labute approximate surface area is 126 Å². The highest BCUT2D eigenvalue weighted by Crippen LogP contribution is 2.30. The van der Waals surface area contributed by atoms with Gasteiger partial charge in [0.25, 0.3) is 0 Å². The van der Waals surface area contributed by atoms with Crippen molar-refractivity contribution in [3.05, 3.63) is 46.4 Å². The number of halogens is 1. The third kappa shape index (κ3) is 3.22. The van der Waals surface area contributed by atoms with Gasteiger partial charge in [-0.25, -0.2) is 0 Å². The Morgan fingerprint density at radius 2 is 2.10 bits per heavy atom. The van der Waals surface area contributed by atoms with Crippen molar-refractivity contribution in [1.82, 2.24) is 0 Å². The lowest BCUT2D eigenvalue weighted by Gasteiger charge is -2.12. The first kappa shape index (κ1) is 14.2. The monoisotopic (exact) mass is 331 g/mol. The molecular formula is C15H14BrN3O. The largest absolute Gasteiger partial charge is 0.497 e. The van der Waals surface area contributed by atoms with Crippen LogP contribution in [-0.2, 0) is 6.42 Å². The quantitative estimate of drug-likeness (QED) is 0.834. The van der Waals surface area contributed by atoms with Crippen LogP contribution >= 0.6 is 15.9 Å². The Morgan fingerprint density at radius 3 is 2.80 bits per heavy atom. The average molecular weight is 332 g/mol. The number of nitrogens with one attached hydrogen (secondary N) is 1. The summed E-state index contributed by atoms with van der Waals surface area (Å²) in [6, 6.07) is 13.3. The van der Waals surface area contributed by atoms with Gasteiger partial charge in [0.05, 0.1) is 25.3 Å². The van der Waals surface area contributed by atoms with Crippen molar-refractivity contribution in [3.63, 3.8) is 0 Å². The van der Waals surface area contributed by atoms with Crippen LogP contribution in [0.5, 0.6) is 5.75 Å². The fraction of sp³-hybridized carbons (Fsp3) is 0.133. The number of hydrogen-bond donors (Lipinski definition) is 2. The fourth-order valence-electron chi connectivity index (χ4n) is 1.80. The van der Waals surface area contributed by atoms with E-state index in [0.717, 1.165) is 27.2 Å². The van der Waals surface area contributed by atoms with Gasteiger partial charge in [0.15, 0.2) is 0 Å². The van der Waals surface area contributed by atoms with Crippen LogP contribution < -0.4 is 15.8 Å². The standard InChI is InChI=1S/C15H14BrN3O/c1-20-12-3-4-13(16)15(9-12)19-11-2-5-14(18)10(8-11)6-7-17/h2-5,8-9,19H,6,18H2,1H3. The van der Waals surface area contributed by atoms with Crippen LogP contribution in [0, 0.1) is 11.3 Å². The zero-order valence-electron chi connectivity index (χ0n) is 11.0. The van der Waals surface area contributed by atoms with Gasteiger partial charge in [-0.05, 0) is 51.8 Å². The number of methoxy groups -OCH3 is 1. The molecule has 20 heavy (non-hydrogen) atoms. The first-order chi connectivity index (χ1) is 9.63. The Bertz CT molecular complexity index is 665. The molecule has 3 N–H and O–H groups in total. The van der Waals surface area contributed by atoms with Gasteiger partial charge in [0.2, 0.25) is 0 Å². The number of anilines is 3. The second-order valence-electron chi connectivity index (χ2n) is 4.22. The number of nitrogens with zero attached hydrogens (tertiary/aromatic N) is 1. The highest BCUT2D eigenvalue weighted by atomic mass is 79.9. The molecule has 102 valence electrons. The number of nitrogens with two attached hydrogens (primary N) is 1. The van der Waals surface area contributed by atoms with E-state index < -0.39 is 0 Å². The first-order valence-corrected chi connectivity index (χ1v) is 6.79. The van der Waals surface area contributed by atoms with E-state index >= 15 is 0 Å². The molecule has 0 aliphatic carbocycles. The van der Waals surface area contributed by atoms with Crippen molar-refractivity contribution in [1.29, 1.82) is 5.26 Å². The van der Waals surface area contributed by atoms with Gasteiger partial charge in [-0.1, -0.05) is 0 Å². The Morgan fingerprint density at radius 1 is 1.30 bits per heavy atom. The van der Waals surface area contributed by atoms with Crippen LogP contribution in [0.4, 0.5) is 17.1 Å². The number of nitriles is 1. The molecule has 0 aliphatic rings. The number of ether oxygens (including phenoxy) is 1. The van der Waals surface area contributed by atoms with Crippen LogP contribution in [-0.4, -0.2) is 7.11 Å². The van der Waals surface area contributed by atoms with Crippen LogP contribution in [0.1, 0.15) is 5.56 Å². The molecule has 0 heterocycles. The first-order valence-electron chi connectivity index (χ1n) is 6.00. The maximum absolute atomic E-state index is 8.79. The molecule has 0 aromatic heterocycles. The molecule has 0 saturated heterocycles. The Kier molecular flexibility index (Phi) is 4.49. The van der Waals surface area contributed by atoms with Gasteiger partial charge in [-0.15, -0.1) is 0 Å². The topological polar surface area (TPSA) is 71.1 Å². The van der Waals surface area contributed by atoms with Crippen molar-refractivity contribution in [2.75, 3.05) is 18.2 Å². The van der Waals surface area contributed by atoms with Gasteiger partial charge in [0.1, 0.15) is 5.75 Å². The number of nitrogen functional groups attached to an aromatic ring is 1. The lowest BCUT2D eigenvalue weighted by atomic mass is 10.1. The summed E-state index contributed by atoms with van der Waals surface area (Å²) in [6.07, 6.45) is 0.292. The Hall–Kier alpha value is -2.19. The number of hydrogen-bond acceptors (Lipinski definition) is 4. The van der Waals surface area contributed by atoms with E-state index in [0.29, 0.717) is 12.1 Å². The number of rotatable bonds is 4. The van der Waals surface area contributed by atoms with Crippen molar-refractivity contribution < 1.29 is 4.74 Å². The minimum Gasteiger partial charge on any atom is -0.497 e. The smallest absolute Gasteiger partial charge is 0.121 e. The van der Waals surface area contributed by atoms with Crippen LogP contribution in [0.2, 0.25) is 0 Å². The molecular weight excluding hydrogens is 318 g/mol. The van der Waals surface area contributed by atoms with E-state index in [2.05, 4.69) is 27.3 Å². The van der Waals surface area contributed by atoms with E-state index in [4.69, 9.17) is 15.7 Å². The molecule has 5 heteroatoms. The van der Waals surface area contributed by atoms with Gasteiger partial charge in [-0.2, -0.15) is 5.26 Å². The van der Waals surface area contributed by atoms with Crippen molar-refractivity contribution >= 4 is 33.0 Å². The van der Waals surface area contributed by atoms with E-state index in [1.807, 2.05) is 30.3 Å². The summed E-state index contributed by atoms with van der Waals surface area (Å²) in [4.78, 5) is 0. The normalized spacial score (nSPS) is 9.85. The zero-order chi connectivity index (χ0) is 14.5. The van der Waals surface area contributed by atoms with Gasteiger partial charge < -0.3 is 15.8 Å². The molecule has 0 unspecified atom stereocenters. The molecule has 2 aromatic rings. The molecule has 2 aromatic carbocycles. The summed E-state index contributed by atoms with van der Waals surface area (Å²) in [7, 11) is 1.63. The summed E-state index contributed by atoms with van der Waals surface area (Å²) in [6.45, 7) is 0. The maximum Gasteiger partial charge on any atom is 0.121 e. The molecule has 0 bridgehead atoms. The van der Waals surface area contributed by atoms with Crippen LogP contribution in [0.25, 0.3) is 0 Å². The minimum atomic E-state index is 0.292. The molecule has 0 spiro atoms. The molecule has 0 fully saturated rings. The highest BCUT2D eigenvalue weighted by Gasteiger charge is 2.05. The maximum atomic E-state index is 8.79. The second kappa shape index (κ2) is 6.31. The highest BCUT2D eigenvalue weighted by molar-refractivity contribution is 9.10. The van der Waals surface area contributed by atoms with Crippen LogP contribution in [0.15, 0.2) is 40.9 Å².